The third-order valence-electron chi connectivity index (χ3n) is 24.6. The van der Waals surface area contributed by atoms with Crippen LogP contribution in [0.1, 0.15) is 25.0 Å². The van der Waals surface area contributed by atoms with Crippen LogP contribution in [-0.4, -0.2) is 47.1 Å². The Morgan fingerprint density at radius 3 is 1.10 bits per heavy atom. The summed E-state index contributed by atoms with van der Waals surface area (Å²) in [5.41, 5.74) is 27.5. The topological polar surface area (TPSA) is 113 Å². The molecule has 0 saturated carbocycles. The monoisotopic (exact) mass is 1530 g/mol. The summed E-state index contributed by atoms with van der Waals surface area (Å²) in [6.07, 6.45) is 0. The maximum Gasteiger partial charge on any atom is 0.166 e. The second-order valence-electron chi connectivity index (χ2n) is 31.9. The summed E-state index contributed by atoms with van der Waals surface area (Å²) >= 11 is 0. The minimum atomic E-state index is -1.93. The Morgan fingerprint density at radius 2 is 0.593 bits per heavy atom. The van der Waals surface area contributed by atoms with Crippen LogP contribution < -0.4 is 10.4 Å². The van der Waals surface area contributed by atoms with Crippen LogP contribution in [0.5, 0.6) is 0 Å². The van der Waals surface area contributed by atoms with Gasteiger partial charge in [0.1, 0.15) is 30.4 Å². The van der Waals surface area contributed by atoms with Gasteiger partial charge >= 0.3 is 0 Å². The van der Waals surface area contributed by atoms with Gasteiger partial charge in [-0.05, 0) is 122 Å². The van der Waals surface area contributed by atoms with Gasteiger partial charge in [0.15, 0.2) is 34.9 Å². The fourth-order valence-corrected chi connectivity index (χ4v) is 22.0. The zero-order chi connectivity index (χ0) is 78.5. The van der Waals surface area contributed by atoms with Crippen molar-refractivity contribution in [3.8, 4) is 124 Å². The molecule has 0 amide bonds. The Bertz CT molecular complexity index is 7410. The highest BCUT2D eigenvalue weighted by atomic mass is 28.3. The Labute approximate surface area is 681 Å². The van der Waals surface area contributed by atoms with E-state index < -0.39 is 8.07 Å². The maximum absolute atomic E-state index is 6.98. The number of para-hydroxylation sites is 6. The van der Waals surface area contributed by atoms with Crippen molar-refractivity contribution in [1.29, 1.82) is 0 Å². The van der Waals surface area contributed by atoms with Crippen LogP contribution in [-0.2, 0) is 5.41 Å². The first-order valence-corrected chi connectivity index (χ1v) is 43.2. The van der Waals surface area contributed by atoms with E-state index in [1.807, 2.05) is 48.5 Å². The number of aromatic nitrogens is 8. The number of hydrogen-bond acceptors (Lipinski definition) is 8. The second kappa shape index (κ2) is 26.8. The largest absolute Gasteiger partial charge is 0.455 e. The van der Waals surface area contributed by atoms with Crippen molar-refractivity contribution in [3.05, 3.63) is 375 Å². The van der Waals surface area contributed by atoms with E-state index in [0.717, 1.165) is 154 Å². The van der Waals surface area contributed by atoms with Gasteiger partial charge in [-0.3, -0.25) is 0 Å². The van der Waals surface area contributed by atoms with Crippen molar-refractivity contribution in [2.24, 2.45) is 0 Å². The van der Waals surface area contributed by atoms with Crippen LogP contribution in [0, 0.1) is 0 Å². The number of hydrogen-bond donors (Lipinski definition) is 0. The normalized spacial score (nSPS) is 13.1. The zero-order valence-electron chi connectivity index (χ0n) is 65.0. The molecule has 0 saturated heterocycles. The molecule has 0 atom stereocenters. The first-order valence-electron chi connectivity index (χ1n) is 40.2. The summed E-state index contributed by atoms with van der Waals surface area (Å²) in [5, 5.41) is 11.7. The van der Waals surface area contributed by atoms with E-state index in [4.69, 9.17) is 38.7 Å². The molecule has 1 aliphatic heterocycles. The molecule has 118 heavy (non-hydrogen) atoms. The van der Waals surface area contributed by atoms with Crippen LogP contribution >= 0.6 is 0 Å². The first-order chi connectivity index (χ1) is 58.1. The summed E-state index contributed by atoms with van der Waals surface area (Å²) in [4.78, 5) is 31.4. The highest BCUT2D eigenvalue weighted by Crippen LogP contribution is 2.51. The third kappa shape index (κ3) is 10.7. The molecule has 7 heterocycles. The molecule has 2 aliphatic rings. The summed E-state index contributed by atoms with van der Waals surface area (Å²) < 4.78 is 18.6. The minimum Gasteiger partial charge on any atom is -0.455 e. The smallest absolute Gasteiger partial charge is 0.166 e. The van der Waals surface area contributed by atoms with E-state index in [1.165, 1.54) is 43.8 Å². The van der Waals surface area contributed by atoms with Gasteiger partial charge in [-0.1, -0.05) is 324 Å². The van der Waals surface area contributed by atoms with E-state index in [2.05, 4.69) is 352 Å². The van der Waals surface area contributed by atoms with Crippen LogP contribution in [0.15, 0.2) is 373 Å². The van der Waals surface area contributed by atoms with Crippen molar-refractivity contribution in [3.63, 3.8) is 0 Å². The van der Waals surface area contributed by atoms with Crippen LogP contribution in [0.25, 0.3) is 212 Å². The molecule has 0 fully saturated rings. The quantitative estimate of drug-likeness (QED) is 0.124. The van der Waals surface area contributed by atoms with Crippen molar-refractivity contribution in [1.82, 2.24) is 39.0 Å². The van der Waals surface area contributed by atoms with E-state index in [9.17, 15) is 0 Å². The number of rotatable bonds is 10. The summed E-state index contributed by atoms with van der Waals surface area (Å²) in [6, 6.07) is 128. The molecule has 16 aromatic carbocycles. The predicted octanol–water partition coefficient (Wildman–Crippen LogP) is 26.2. The lowest BCUT2D eigenvalue weighted by atomic mass is 9.82. The average Bonchev–Trinajstić information content (AvgIpc) is 1.57. The Balaban J connectivity index is 0.000000138. The molecule has 22 aromatic rings. The fraction of sp³-hybridized carbons (Fsp3) is 0.0467. The fourth-order valence-electron chi connectivity index (χ4n) is 18.9. The van der Waals surface area contributed by atoms with Gasteiger partial charge in [-0.15, -0.1) is 0 Å². The number of fused-ring (bicyclic) bond motifs is 20. The molecule has 0 N–H and O–H groups in total. The molecule has 0 bridgehead atoms. The van der Waals surface area contributed by atoms with Gasteiger partial charge in [-0.25, -0.2) is 29.9 Å². The van der Waals surface area contributed by atoms with Crippen molar-refractivity contribution >= 4 is 106 Å². The van der Waals surface area contributed by atoms with Crippen molar-refractivity contribution in [2.75, 3.05) is 0 Å². The SMILES string of the molecule is CC1(C)c2ccccc2-c2ccc(-c3nc(-c4ccccc4)nc(-c4ccccc4-n4c5ccccc5c5c6oc7c(-c8ccccc8)cccc7c6ccc54)n3)cc21.C[Si]1(C)c2ccccc2-c2ccc(-c3nc(-c4ccccc4)nc(-c4ccccc4-n4c5ccccc5c5c6oc7c(-c8ccccc8)cccc7c6ccc54)n3)cc21. The van der Waals surface area contributed by atoms with Gasteiger partial charge in [-0.2, -0.15) is 0 Å². The average molecular weight is 1530 g/mol. The summed E-state index contributed by atoms with van der Waals surface area (Å²) in [5.74, 6) is 3.79. The zero-order valence-corrected chi connectivity index (χ0v) is 66.0. The van der Waals surface area contributed by atoms with Gasteiger partial charge < -0.3 is 18.0 Å². The van der Waals surface area contributed by atoms with Crippen molar-refractivity contribution in [2.45, 2.75) is 32.4 Å². The van der Waals surface area contributed by atoms with Crippen molar-refractivity contribution < 1.29 is 8.83 Å². The van der Waals surface area contributed by atoms with E-state index in [0.29, 0.717) is 34.9 Å². The van der Waals surface area contributed by atoms with Crippen LogP contribution in [0.3, 0.4) is 0 Å². The number of furan rings is 2. The Morgan fingerprint density at radius 1 is 0.237 bits per heavy atom. The second-order valence-corrected chi connectivity index (χ2v) is 36.2. The molecular weight excluding hydrogens is 1460 g/mol. The molecule has 0 unspecified atom stereocenters. The lowest BCUT2D eigenvalue weighted by Crippen LogP contribution is -2.49. The molecule has 556 valence electrons. The molecule has 24 rings (SSSR count). The maximum atomic E-state index is 6.98. The van der Waals surface area contributed by atoms with Gasteiger partial charge in [0.25, 0.3) is 0 Å². The lowest BCUT2D eigenvalue weighted by Gasteiger charge is -2.21. The first kappa shape index (κ1) is 68.5. The van der Waals surface area contributed by atoms with Gasteiger partial charge in [0.2, 0.25) is 0 Å². The molecule has 10 nitrogen and oxygen atoms in total. The molecule has 6 aromatic heterocycles. The minimum absolute atomic E-state index is 0.155. The molecule has 0 spiro atoms. The number of benzene rings is 16. The Kier molecular flexibility index (Phi) is 15.6. The highest BCUT2D eigenvalue weighted by molar-refractivity contribution is 7.03. The van der Waals surface area contributed by atoms with Gasteiger partial charge in [0, 0.05) is 82.2 Å². The molecule has 11 heteroatoms. The van der Waals surface area contributed by atoms with Crippen LogP contribution in [0.4, 0.5) is 0 Å². The third-order valence-corrected chi connectivity index (χ3v) is 28.1. The predicted molar refractivity (Wildman–Crippen MR) is 486 cm³/mol. The number of nitrogens with zero attached hydrogens (tertiary/aromatic N) is 8. The molecule has 0 radical (unpaired) electrons. The summed E-state index contributed by atoms with van der Waals surface area (Å²) in [6.45, 7) is 9.50. The van der Waals surface area contributed by atoms with Gasteiger partial charge in [0.05, 0.1) is 44.2 Å². The van der Waals surface area contributed by atoms with E-state index in [1.54, 1.807) is 0 Å². The van der Waals surface area contributed by atoms with E-state index >= 15 is 0 Å². The summed E-state index contributed by atoms with van der Waals surface area (Å²) in [7, 11) is -1.93. The molecule has 1 aliphatic carbocycles. The standard InChI is InChI=1S/C54H36N4O.C53H36N4OSi/c1-54(2)43-25-12-9-20-37(43)38-29-28-35(32-44(38)54)52-55-51(34-18-7-4-8-19-34)56-53(57-52)42-22-11-14-27-46(42)58-45-26-13-10-21-41(45)48-47(58)31-30-40-39-24-15-23-36(49(39)59-50(40)48)33-16-5-3-6-17-33;1-59(2)46-27-14-11-20-37(46)38-29-28-35(32-47(38)59)52-54-51(34-18-7-4-8-19-34)55-53(56-52)42-22-10-13-26-44(42)57-43-25-12-9-21-41(43)48-45(57)31-30-40-39-24-15-23-36(49(39)58-50(40)48)33-16-5-3-6-17-33/h2*3-32H,1-2H3. The highest BCUT2D eigenvalue weighted by Gasteiger charge is 2.39. The molecular formula is C107H72N8O2Si. The van der Waals surface area contributed by atoms with E-state index in [-0.39, 0.29) is 5.41 Å². The lowest BCUT2D eigenvalue weighted by molar-refractivity contribution is 0.660. The Hall–Kier alpha value is -15.0. The van der Waals surface area contributed by atoms with Crippen LogP contribution in [0.2, 0.25) is 13.1 Å².